The highest BCUT2D eigenvalue weighted by atomic mass is 32.2. The zero-order valence-corrected chi connectivity index (χ0v) is 8.94. The molecule has 1 aromatic heterocycles. The molecule has 0 amide bonds. The van der Waals surface area contributed by atoms with Crippen LogP contribution in [0.15, 0.2) is 50.9 Å². The molecule has 0 aliphatic heterocycles. The second-order valence-corrected chi connectivity index (χ2v) is 4.54. The van der Waals surface area contributed by atoms with Crippen LogP contribution in [0.25, 0.3) is 0 Å². The Bertz CT molecular complexity index is 454. The van der Waals surface area contributed by atoms with E-state index in [2.05, 4.69) is 6.07 Å². The van der Waals surface area contributed by atoms with E-state index in [9.17, 15) is 0 Å². The average molecular weight is 217 g/mol. The van der Waals surface area contributed by atoms with Crippen molar-refractivity contribution in [3.8, 4) is 6.07 Å². The predicted molar refractivity (Wildman–Crippen MR) is 59.6 cm³/mol. The molecular formula is C11H7NS2. The van der Waals surface area contributed by atoms with Gasteiger partial charge in [-0.1, -0.05) is 30.0 Å². The molecule has 0 fully saturated rings. The number of hydrogen-bond acceptors (Lipinski definition) is 3. The molecule has 2 aromatic rings. The molecule has 68 valence electrons. The van der Waals surface area contributed by atoms with Gasteiger partial charge in [-0.05, 0) is 12.1 Å². The van der Waals surface area contributed by atoms with Crippen LogP contribution in [0.4, 0.5) is 0 Å². The van der Waals surface area contributed by atoms with Crippen molar-refractivity contribution in [2.45, 2.75) is 9.79 Å². The fourth-order valence-corrected chi connectivity index (χ4v) is 2.89. The van der Waals surface area contributed by atoms with Gasteiger partial charge in [0, 0.05) is 20.6 Å². The minimum atomic E-state index is 0.767. The molecule has 3 heteroatoms. The number of nitrogens with zero attached hydrogens (tertiary/aromatic N) is 1. The fraction of sp³-hybridized carbons (Fsp3) is 0. The molecule has 0 radical (unpaired) electrons. The molecule has 0 unspecified atom stereocenters. The first kappa shape index (κ1) is 9.32. The first-order valence-electron chi connectivity index (χ1n) is 4.09. The molecule has 0 aliphatic rings. The summed E-state index contributed by atoms with van der Waals surface area (Å²) < 4.78 is 0. The highest BCUT2D eigenvalue weighted by Crippen LogP contribution is 2.32. The van der Waals surface area contributed by atoms with E-state index in [1.54, 1.807) is 23.1 Å². The standard InChI is InChI=1S/C11H7NS2/c12-6-9-7-13-8-11(9)14-10-4-2-1-3-5-10/h1-5,7-8H. The molecule has 0 N–H and O–H groups in total. The third kappa shape index (κ3) is 1.98. The van der Waals surface area contributed by atoms with Crippen LogP contribution in [-0.2, 0) is 0 Å². The lowest BCUT2D eigenvalue weighted by molar-refractivity contribution is 1.40. The molecule has 0 atom stereocenters. The van der Waals surface area contributed by atoms with Gasteiger partial charge in [-0.2, -0.15) is 5.26 Å². The summed E-state index contributed by atoms with van der Waals surface area (Å²) in [7, 11) is 0. The van der Waals surface area contributed by atoms with Crippen LogP contribution in [0.3, 0.4) is 0 Å². The highest BCUT2D eigenvalue weighted by Gasteiger charge is 2.03. The Kier molecular flexibility index (Phi) is 2.87. The van der Waals surface area contributed by atoms with E-state index in [0.717, 1.165) is 10.5 Å². The number of rotatable bonds is 2. The summed E-state index contributed by atoms with van der Waals surface area (Å²) in [5.41, 5.74) is 0.767. The Hall–Kier alpha value is -1.24. The zero-order chi connectivity index (χ0) is 9.80. The van der Waals surface area contributed by atoms with Gasteiger partial charge in [0.05, 0.1) is 5.56 Å². The minimum Gasteiger partial charge on any atom is -0.192 e. The summed E-state index contributed by atoms with van der Waals surface area (Å²) in [4.78, 5) is 2.21. The molecule has 0 saturated heterocycles. The molecular weight excluding hydrogens is 210 g/mol. The van der Waals surface area contributed by atoms with Crippen molar-refractivity contribution in [1.82, 2.24) is 0 Å². The molecule has 1 nitrogen and oxygen atoms in total. The van der Waals surface area contributed by atoms with E-state index >= 15 is 0 Å². The van der Waals surface area contributed by atoms with Crippen molar-refractivity contribution in [1.29, 1.82) is 5.26 Å². The molecule has 0 aliphatic carbocycles. The maximum atomic E-state index is 8.83. The van der Waals surface area contributed by atoms with Crippen LogP contribution >= 0.6 is 23.1 Å². The SMILES string of the molecule is N#Cc1cscc1Sc1ccccc1. The van der Waals surface area contributed by atoms with Gasteiger partial charge in [0.15, 0.2) is 0 Å². The lowest BCUT2D eigenvalue weighted by atomic mass is 10.4. The molecule has 1 aromatic carbocycles. The van der Waals surface area contributed by atoms with Crippen LogP contribution in [0.2, 0.25) is 0 Å². The fourth-order valence-electron chi connectivity index (χ4n) is 1.06. The largest absolute Gasteiger partial charge is 0.192 e. The van der Waals surface area contributed by atoms with E-state index < -0.39 is 0 Å². The normalized spacial score (nSPS) is 9.64. The predicted octanol–water partition coefficient (Wildman–Crippen LogP) is 3.77. The Balaban J connectivity index is 2.24. The van der Waals surface area contributed by atoms with Gasteiger partial charge in [0.25, 0.3) is 0 Å². The topological polar surface area (TPSA) is 23.8 Å². The van der Waals surface area contributed by atoms with Crippen molar-refractivity contribution in [2.75, 3.05) is 0 Å². The zero-order valence-electron chi connectivity index (χ0n) is 7.31. The van der Waals surface area contributed by atoms with Gasteiger partial charge in [-0.3, -0.25) is 0 Å². The third-order valence-electron chi connectivity index (χ3n) is 1.72. The first-order valence-corrected chi connectivity index (χ1v) is 5.85. The maximum absolute atomic E-state index is 8.83. The quantitative estimate of drug-likeness (QED) is 0.764. The van der Waals surface area contributed by atoms with E-state index in [4.69, 9.17) is 5.26 Å². The molecule has 0 bridgehead atoms. The van der Waals surface area contributed by atoms with Gasteiger partial charge in [-0.25, -0.2) is 0 Å². The lowest BCUT2D eigenvalue weighted by Crippen LogP contribution is -1.73. The van der Waals surface area contributed by atoms with Gasteiger partial charge >= 0.3 is 0 Å². The van der Waals surface area contributed by atoms with Gasteiger partial charge in [0.1, 0.15) is 6.07 Å². The smallest absolute Gasteiger partial charge is 0.101 e. The first-order chi connectivity index (χ1) is 6.90. The van der Waals surface area contributed by atoms with Crippen molar-refractivity contribution >= 4 is 23.1 Å². The number of benzene rings is 1. The van der Waals surface area contributed by atoms with Crippen LogP contribution in [0, 0.1) is 11.3 Å². The third-order valence-corrected chi connectivity index (χ3v) is 3.68. The summed E-state index contributed by atoms with van der Waals surface area (Å²) in [6.07, 6.45) is 0. The molecule has 0 spiro atoms. The molecule has 14 heavy (non-hydrogen) atoms. The molecule has 2 rings (SSSR count). The summed E-state index contributed by atoms with van der Waals surface area (Å²) in [6, 6.07) is 12.3. The number of nitriles is 1. The van der Waals surface area contributed by atoms with Crippen LogP contribution in [-0.4, -0.2) is 0 Å². The van der Waals surface area contributed by atoms with Gasteiger partial charge in [-0.15, -0.1) is 11.3 Å². The minimum absolute atomic E-state index is 0.767. The van der Waals surface area contributed by atoms with Crippen LogP contribution < -0.4 is 0 Å². The second-order valence-electron chi connectivity index (χ2n) is 2.68. The summed E-state index contributed by atoms with van der Waals surface area (Å²) >= 11 is 3.20. The van der Waals surface area contributed by atoms with E-state index in [-0.39, 0.29) is 0 Å². The highest BCUT2D eigenvalue weighted by molar-refractivity contribution is 7.99. The molecule has 1 heterocycles. The maximum Gasteiger partial charge on any atom is 0.101 e. The molecule has 0 saturated carbocycles. The van der Waals surface area contributed by atoms with E-state index in [0.29, 0.717) is 0 Å². The Morgan fingerprint density at radius 3 is 2.64 bits per heavy atom. The lowest BCUT2D eigenvalue weighted by Gasteiger charge is -1.97. The number of hydrogen-bond donors (Lipinski definition) is 0. The summed E-state index contributed by atoms with van der Waals surface area (Å²) in [5, 5.41) is 12.7. The Morgan fingerprint density at radius 1 is 1.14 bits per heavy atom. The summed E-state index contributed by atoms with van der Waals surface area (Å²) in [5.74, 6) is 0. The van der Waals surface area contributed by atoms with Gasteiger partial charge < -0.3 is 0 Å². The van der Waals surface area contributed by atoms with Crippen LogP contribution in [0.1, 0.15) is 5.56 Å². The van der Waals surface area contributed by atoms with Crippen LogP contribution in [0.5, 0.6) is 0 Å². The van der Waals surface area contributed by atoms with Crippen molar-refractivity contribution in [3.63, 3.8) is 0 Å². The summed E-state index contributed by atoms with van der Waals surface area (Å²) in [6.45, 7) is 0. The van der Waals surface area contributed by atoms with Crippen molar-refractivity contribution < 1.29 is 0 Å². The van der Waals surface area contributed by atoms with Gasteiger partial charge in [0.2, 0.25) is 0 Å². The Morgan fingerprint density at radius 2 is 1.93 bits per heavy atom. The number of thiophene rings is 1. The van der Waals surface area contributed by atoms with Crippen molar-refractivity contribution in [3.05, 3.63) is 46.7 Å². The monoisotopic (exact) mass is 217 g/mol. The second kappa shape index (κ2) is 4.32. The van der Waals surface area contributed by atoms with E-state index in [1.807, 2.05) is 41.1 Å². The Labute approximate surface area is 91.0 Å². The average Bonchev–Trinajstić information content (AvgIpc) is 2.67. The van der Waals surface area contributed by atoms with Crippen molar-refractivity contribution in [2.24, 2.45) is 0 Å². The van der Waals surface area contributed by atoms with E-state index in [1.165, 1.54) is 4.90 Å².